The largest absolute Gasteiger partial charge is 0.350 e. The van der Waals surface area contributed by atoms with E-state index in [0.717, 1.165) is 17.7 Å². The monoisotopic (exact) mass is 254 g/mol. The van der Waals surface area contributed by atoms with Crippen LogP contribution in [0, 0.1) is 0 Å². The number of benzene rings is 1. The summed E-state index contributed by atoms with van der Waals surface area (Å²) < 4.78 is 0. The van der Waals surface area contributed by atoms with Crippen molar-refractivity contribution in [3.63, 3.8) is 0 Å². The van der Waals surface area contributed by atoms with Crippen molar-refractivity contribution in [2.45, 2.75) is 26.3 Å². The van der Waals surface area contributed by atoms with E-state index >= 15 is 0 Å². The fraction of sp³-hybridized carbons (Fsp3) is 0.250. The highest BCUT2D eigenvalue weighted by Crippen LogP contribution is 2.05. The first-order chi connectivity index (χ1) is 9.28. The Hall–Kier alpha value is -2.16. The van der Waals surface area contributed by atoms with E-state index < -0.39 is 0 Å². The van der Waals surface area contributed by atoms with Gasteiger partial charge in [-0.1, -0.05) is 37.3 Å². The molecule has 1 heterocycles. The van der Waals surface area contributed by atoms with Gasteiger partial charge in [-0.2, -0.15) is 0 Å². The lowest BCUT2D eigenvalue weighted by Gasteiger charge is -2.05. The van der Waals surface area contributed by atoms with Crippen LogP contribution in [0.5, 0.6) is 0 Å². The first-order valence-corrected chi connectivity index (χ1v) is 6.52. The molecule has 19 heavy (non-hydrogen) atoms. The number of aryl methyl sites for hydroxylation is 1. The molecule has 1 amide bonds. The van der Waals surface area contributed by atoms with E-state index in [9.17, 15) is 4.79 Å². The maximum atomic E-state index is 11.8. The van der Waals surface area contributed by atoms with Gasteiger partial charge in [-0.05, 0) is 29.7 Å². The maximum absolute atomic E-state index is 11.8. The summed E-state index contributed by atoms with van der Waals surface area (Å²) in [5, 5.41) is 2.87. The summed E-state index contributed by atoms with van der Waals surface area (Å²) in [4.78, 5) is 16.0. The molecule has 3 nitrogen and oxygen atoms in total. The minimum absolute atomic E-state index is 0.0231. The molecule has 0 aliphatic heterocycles. The fourth-order valence-electron chi connectivity index (χ4n) is 1.83. The predicted molar refractivity (Wildman–Crippen MR) is 75.6 cm³/mol. The van der Waals surface area contributed by atoms with Crippen LogP contribution in [0.1, 0.15) is 23.7 Å². The Balaban J connectivity index is 1.83. The number of carbonyl (C=O) groups is 1. The third-order valence-electron chi connectivity index (χ3n) is 2.99. The van der Waals surface area contributed by atoms with Crippen molar-refractivity contribution in [3.8, 4) is 0 Å². The Morgan fingerprint density at radius 2 is 1.84 bits per heavy atom. The molecule has 0 atom stereocenters. The molecule has 1 N–H and O–H groups in total. The third kappa shape index (κ3) is 4.21. The molecule has 0 bridgehead atoms. The van der Waals surface area contributed by atoms with Crippen molar-refractivity contribution in [3.05, 3.63) is 65.5 Å². The number of nitrogens with zero attached hydrogens (tertiary/aromatic N) is 1. The first-order valence-electron chi connectivity index (χ1n) is 6.52. The zero-order valence-electron chi connectivity index (χ0n) is 11.1. The van der Waals surface area contributed by atoms with Crippen LogP contribution in [-0.4, -0.2) is 10.9 Å². The van der Waals surface area contributed by atoms with Gasteiger partial charge in [0, 0.05) is 6.20 Å². The Bertz CT molecular complexity index is 520. The zero-order chi connectivity index (χ0) is 13.5. The molecule has 0 radical (unpaired) electrons. The van der Waals surface area contributed by atoms with Crippen LogP contribution < -0.4 is 5.32 Å². The average Bonchev–Trinajstić information content (AvgIpc) is 2.47. The summed E-state index contributed by atoms with van der Waals surface area (Å²) >= 11 is 0. The van der Waals surface area contributed by atoms with E-state index in [4.69, 9.17) is 0 Å². The van der Waals surface area contributed by atoms with E-state index in [-0.39, 0.29) is 5.91 Å². The molecule has 0 spiro atoms. The SMILES string of the molecule is CCc1ccc(CC(=O)NCc2ccccn2)cc1. The minimum atomic E-state index is 0.0231. The lowest BCUT2D eigenvalue weighted by atomic mass is 10.1. The van der Waals surface area contributed by atoms with Crippen molar-refractivity contribution in [1.29, 1.82) is 0 Å². The Morgan fingerprint density at radius 1 is 1.11 bits per heavy atom. The molecule has 0 saturated heterocycles. The van der Waals surface area contributed by atoms with E-state index in [1.807, 2.05) is 30.3 Å². The van der Waals surface area contributed by atoms with Gasteiger partial charge in [-0.3, -0.25) is 9.78 Å². The van der Waals surface area contributed by atoms with E-state index in [2.05, 4.69) is 29.4 Å². The van der Waals surface area contributed by atoms with Gasteiger partial charge in [0.25, 0.3) is 0 Å². The van der Waals surface area contributed by atoms with Gasteiger partial charge in [0.05, 0.1) is 18.7 Å². The Morgan fingerprint density at radius 3 is 2.47 bits per heavy atom. The van der Waals surface area contributed by atoms with Gasteiger partial charge >= 0.3 is 0 Å². The normalized spacial score (nSPS) is 10.2. The van der Waals surface area contributed by atoms with Gasteiger partial charge in [-0.25, -0.2) is 0 Å². The zero-order valence-corrected chi connectivity index (χ0v) is 11.1. The van der Waals surface area contributed by atoms with Crippen LogP contribution in [0.4, 0.5) is 0 Å². The highest BCUT2D eigenvalue weighted by Gasteiger charge is 2.03. The summed E-state index contributed by atoms with van der Waals surface area (Å²) in [5.74, 6) is 0.0231. The summed E-state index contributed by atoms with van der Waals surface area (Å²) in [6.07, 6.45) is 3.16. The van der Waals surface area contributed by atoms with E-state index in [1.165, 1.54) is 5.56 Å². The number of carbonyl (C=O) groups excluding carboxylic acids is 1. The van der Waals surface area contributed by atoms with Crippen LogP contribution in [-0.2, 0) is 24.2 Å². The van der Waals surface area contributed by atoms with Crippen LogP contribution in [0.2, 0.25) is 0 Å². The molecule has 1 aromatic heterocycles. The smallest absolute Gasteiger partial charge is 0.224 e. The Kier molecular flexibility index (Phi) is 4.67. The molecule has 1 aromatic carbocycles. The van der Waals surface area contributed by atoms with Crippen molar-refractivity contribution < 1.29 is 4.79 Å². The van der Waals surface area contributed by atoms with Gasteiger partial charge in [0.2, 0.25) is 5.91 Å². The van der Waals surface area contributed by atoms with Crippen molar-refractivity contribution in [2.75, 3.05) is 0 Å². The van der Waals surface area contributed by atoms with Crippen LogP contribution in [0.3, 0.4) is 0 Å². The molecular formula is C16H18N2O. The molecule has 0 fully saturated rings. The third-order valence-corrected chi connectivity index (χ3v) is 2.99. The summed E-state index contributed by atoms with van der Waals surface area (Å²) in [5.41, 5.74) is 3.20. The number of hydrogen-bond acceptors (Lipinski definition) is 2. The van der Waals surface area contributed by atoms with Gasteiger partial charge < -0.3 is 5.32 Å². The van der Waals surface area contributed by atoms with Crippen molar-refractivity contribution in [2.24, 2.45) is 0 Å². The molecule has 3 heteroatoms. The number of rotatable bonds is 5. The molecule has 98 valence electrons. The number of pyridine rings is 1. The second-order valence-electron chi connectivity index (χ2n) is 4.44. The van der Waals surface area contributed by atoms with E-state index in [1.54, 1.807) is 6.20 Å². The highest BCUT2D eigenvalue weighted by molar-refractivity contribution is 5.78. The first kappa shape index (κ1) is 13.3. The number of amides is 1. The van der Waals surface area contributed by atoms with Crippen molar-refractivity contribution in [1.82, 2.24) is 10.3 Å². The van der Waals surface area contributed by atoms with Gasteiger partial charge in [0.15, 0.2) is 0 Å². The van der Waals surface area contributed by atoms with Crippen molar-refractivity contribution >= 4 is 5.91 Å². The molecular weight excluding hydrogens is 236 g/mol. The number of hydrogen-bond donors (Lipinski definition) is 1. The van der Waals surface area contributed by atoms with Crippen LogP contribution in [0.15, 0.2) is 48.7 Å². The molecule has 2 aromatic rings. The number of nitrogens with one attached hydrogen (secondary N) is 1. The average molecular weight is 254 g/mol. The molecule has 0 aliphatic rings. The molecule has 2 rings (SSSR count). The molecule has 0 aliphatic carbocycles. The Labute approximate surface area is 113 Å². The topological polar surface area (TPSA) is 42.0 Å². The molecule has 0 saturated carbocycles. The predicted octanol–water partition coefficient (Wildman–Crippen LogP) is 2.50. The second-order valence-corrected chi connectivity index (χ2v) is 4.44. The lowest BCUT2D eigenvalue weighted by molar-refractivity contribution is -0.120. The number of aromatic nitrogens is 1. The van der Waals surface area contributed by atoms with Crippen LogP contribution in [0.25, 0.3) is 0 Å². The quantitative estimate of drug-likeness (QED) is 0.890. The van der Waals surface area contributed by atoms with Gasteiger partial charge in [-0.15, -0.1) is 0 Å². The summed E-state index contributed by atoms with van der Waals surface area (Å²) in [7, 11) is 0. The maximum Gasteiger partial charge on any atom is 0.224 e. The lowest BCUT2D eigenvalue weighted by Crippen LogP contribution is -2.24. The highest BCUT2D eigenvalue weighted by atomic mass is 16.1. The van der Waals surface area contributed by atoms with E-state index in [0.29, 0.717) is 13.0 Å². The second kappa shape index (κ2) is 6.69. The fourth-order valence-corrected chi connectivity index (χ4v) is 1.83. The standard InChI is InChI=1S/C16H18N2O/c1-2-13-6-8-14(9-7-13)11-16(19)18-12-15-5-3-4-10-17-15/h3-10H,2,11-12H2,1H3,(H,18,19). The van der Waals surface area contributed by atoms with Gasteiger partial charge in [0.1, 0.15) is 0 Å². The minimum Gasteiger partial charge on any atom is -0.350 e. The summed E-state index contributed by atoms with van der Waals surface area (Å²) in [6.45, 7) is 2.60. The summed E-state index contributed by atoms with van der Waals surface area (Å²) in [6, 6.07) is 13.8. The van der Waals surface area contributed by atoms with Crippen LogP contribution >= 0.6 is 0 Å². The molecule has 0 unspecified atom stereocenters.